The van der Waals surface area contributed by atoms with Crippen LogP contribution in [0.25, 0.3) is 22.3 Å². The smallest absolute Gasteiger partial charge is 0.229 e. The van der Waals surface area contributed by atoms with Crippen LogP contribution in [0, 0.1) is 0 Å². The number of hydrogen-bond acceptors (Lipinski definition) is 10. The Morgan fingerprint density at radius 1 is 0.903 bits per heavy atom. The molecule has 2 aromatic carbocycles. The molecule has 1 aromatic heterocycles. The Labute approximate surface area is 174 Å². The van der Waals surface area contributed by atoms with Crippen LogP contribution in [0.1, 0.15) is 6.92 Å². The van der Waals surface area contributed by atoms with Crippen molar-refractivity contribution in [2.24, 2.45) is 0 Å². The lowest BCUT2D eigenvalue weighted by Crippen LogP contribution is -2.58. The third-order valence-corrected chi connectivity index (χ3v) is 5.12. The summed E-state index contributed by atoms with van der Waals surface area (Å²) in [5.74, 6) is -1.71. The van der Waals surface area contributed by atoms with Crippen LogP contribution in [0.4, 0.5) is 0 Å². The van der Waals surface area contributed by atoms with Crippen LogP contribution in [0.2, 0.25) is 0 Å². The summed E-state index contributed by atoms with van der Waals surface area (Å²) in [5, 5.41) is 58.9. The molecule has 0 spiro atoms. The normalized spacial score (nSPS) is 26.1. The van der Waals surface area contributed by atoms with Gasteiger partial charge in [-0.05, 0) is 31.2 Å². The monoisotopic (exact) mass is 432 g/mol. The maximum atomic E-state index is 12.5. The molecule has 2 heterocycles. The van der Waals surface area contributed by atoms with Gasteiger partial charge in [0.2, 0.25) is 6.29 Å². The second-order valence-electron chi connectivity index (χ2n) is 7.30. The van der Waals surface area contributed by atoms with Gasteiger partial charge in [0.25, 0.3) is 0 Å². The standard InChI is InChI=1S/C21H20O10/c1-8-17(25)19(27)20(28)21(29-8)30-10-2-3-11-12(22)7-15(31-16(11)6-10)9-4-13(23)18(26)14(24)5-9/h2-8,17,19-21,23-28H,1H3/t8-,17-,19-,20+,21-/m0/s1. The lowest BCUT2D eigenvalue weighted by Gasteiger charge is -2.38. The lowest BCUT2D eigenvalue weighted by atomic mass is 10.00. The number of rotatable bonds is 3. The number of aliphatic hydroxyl groups is 3. The van der Waals surface area contributed by atoms with Gasteiger partial charge in [0, 0.05) is 17.7 Å². The zero-order valence-electron chi connectivity index (χ0n) is 16.2. The van der Waals surface area contributed by atoms with E-state index < -0.39 is 53.4 Å². The molecule has 1 saturated heterocycles. The van der Waals surface area contributed by atoms with Crippen molar-refractivity contribution in [3.05, 3.63) is 46.6 Å². The Morgan fingerprint density at radius 3 is 2.26 bits per heavy atom. The van der Waals surface area contributed by atoms with E-state index in [2.05, 4.69) is 0 Å². The SMILES string of the molecule is C[C@@H]1O[C@@H](Oc2ccc3c(=O)cc(-c4cc(O)c(O)c(O)c4)oc3c2)[C@H](O)[C@@H](O)[C@H]1O. The van der Waals surface area contributed by atoms with E-state index in [4.69, 9.17) is 13.9 Å². The van der Waals surface area contributed by atoms with Crippen molar-refractivity contribution < 1.29 is 44.5 Å². The molecule has 0 unspecified atom stereocenters. The number of hydrogen-bond donors (Lipinski definition) is 6. The maximum absolute atomic E-state index is 12.5. The molecule has 164 valence electrons. The number of ether oxygens (including phenoxy) is 2. The first-order chi connectivity index (χ1) is 14.7. The fourth-order valence-electron chi connectivity index (χ4n) is 3.34. The Bertz CT molecular complexity index is 1160. The summed E-state index contributed by atoms with van der Waals surface area (Å²) in [6, 6.07) is 7.69. The molecule has 1 aliphatic rings. The van der Waals surface area contributed by atoms with Crippen LogP contribution in [-0.4, -0.2) is 61.3 Å². The van der Waals surface area contributed by atoms with Gasteiger partial charge in [0.15, 0.2) is 22.7 Å². The van der Waals surface area contributed by atoms with Gasteiger partial charge in [0.1, 0.15) is 35.4 Å². The fourth-order valence-corrected chi connectivity index (χ4v) is 3.34. The van der Waals surface area contributed by atoms with Crippen molar-refractivity contribution in [1.82, 2.24) is 0 Å². The zero-order valence-corrected chi connectivity index (χ0v) is 16.2. The first kappa shape index (κ1) is 20.9. The third-order valence-electron chi connectivity index (χ3n) is 5.12. The summed E-state index contributed by atoms with van der Waals surface area (Å²) >= 11 is 0. The van der Waals surface area contributed by atoms with Crippen molar-refractivity contribution in [3.8, 4) is 34.3 Å². The highest BCUT2D eigenvalue weighted by atomic mass is 16.7. The lowest BCUT2D eigenvalue weighted by molar-refractivity contribution is -0.268. The molecule has 3 aromatic rings. The Hall–Kier alpha value is -3.31. The van der Waals surface area contributed by atoms with E-state index in [0.717, 1.165) is 12.1 Å². The van der Waals surface area contributed by atoms with Crippen LogP contribution in [-0.2, 0) is 4.74 Å². The topological polar surface area (TPSA) is 170 Å². The minimum absolute atomic E-state index is 0.0152. The van der Waals surface area contributed by atoms with Crippen LogP contribution < -0.4 is 10.2 Å². The largest absolute Gasteiger partial charge is 0.504 e. The van der Waals surface area contributed by atoms with Crippen LogP contribution in [0.5, 0.6) is 23.0 Å². The van der Waals surface area contributed by atoms with Crippen molar-refractivity contribution in [1.29, 1.82) is 0 Å². The minimum atomic E-state index is -1.51. The molecule has 1 aliphatic heterocycles. The van der Waals surface area contributed by atoms with Crippen molar-refractivity contribution in [2.75, 3.05) is 0 Å². The van der Waals surface area contributed by atoms with Crippen LogP contribution in [0.15, 0.2) is 45.6 Å². The quantitative estimate of drug-likeness (QED) is 0.325. The average Bonchev–Trinajstić information content (AvgIpc) is 2.73. The Balaban J connectivity index is 1.70. The minimum Gasteiger partial charge on any atom is -0.504 e. The number of aromatic hydroxyl groups is 3. The summed E-state index contributed by atoms with van der Waals surface area (Å²) in [6.45, 7) is 1.52. The Morgan fingerprint density at radius 2 is 1.58 bits per heavy atom. The summed E-state index contributed by atoms with van der Waals surface area (Å²) in [6.07, 6.45) is -6.31. The van der Waals surface area contributed by atoms with E-state index in [9.17, 15) is 35.4 Å². The van der Waals surface area contributed by atoms with Gasteiger partial charge >= 0.3 is 0 Å². The number of phenolic OH excluding ortho intramolecular Hbond substituents is 3. The number of aliphatic hydroxyl groups excluding tert-OH is 3. The molecule has 0 saturated carbocycles. The van der Waals surface area contributed by atoms with Crippen molar-refractivity contribution >= 4 is 11.0 Å². The molecule has 6 N–H and O–H groups in total. The molecule has 0 amide bonds. The van der Waals surface area contributed by atoms with Gasteiger partial charge in [-0.25, -0.2) is 0 Å². The maximum Gasteiger partial charge on any atom is 0.229 e. The molecular weight excluding hydrogens is 412 g/mol. The second kappa shape index (κ2) is 7.75. The van der Waals surface area contributed by atoms with Gasteiger partial charge in [-0.3, -0.25) is 4.79 Å². The van der Waals surface area contributed by atoms with E-state index in [-0.39, 0.29) is 28.0 Å². The predicted molar refractivity (Wildman–Crippen MR) is 106 cm³/mol. The fraction of sp³-hybridized carbons (Fsp3) is 0.286. The van der Waals surface area contributed by atoms with E-state index in [1.54, 1.807) is 0 Å². The molecule has 10 heteroatoms. The molecule has 0 aliphatic carbocycles. The van der Waals surface area contributed by atoms with Gasteiger partial charge in [-0.2, -0.15) is 0 Å². The summed E-state index contributed by atoms with van der Waals surface area (Å²) in [4.78, 5) is 12.5. The van der Waals surface area contributed by atoms with E-state index in [0.29, 0.717) is 0 Å². The summed E-state index contributed by atoms with van der Waals surface area (Å²) in [7, 11) is 0. The predicted octanol–water partition coefficient (Wildman–Crippen LogP) is 0.783. The number of phenols is 3. The van der Waals surface area contributed by atoms with E-state index in [1.165, 1.54) is 31.2 Å². The highest BCUT2D eigenvalue weighted by Crippen LogP contribution is 2.39. The molecule has 0 radical (unpaired) electrons. The van der Waals surface area contributed by atoms with Gasteiger partial charge in [-0.15, -0.1) is 0 Å². The summed E-state index contributed by atoms with van der Waals surface area (Å²) in [5.41, 5.74) is -0.156. The van der Waals surface area contributed by atoms with E-state index >= 15 is 0 Å². The highest BCUT2D eigenvalue weighted by molar-refractivity contribution is 5.80. The van der Waals surface area contributed by atoms with Gasteiger partial charge in [0.05, 0.1) is 11.5 Å². The highest BCUT2D eigenvalue weighted by Gasteiger charge is 2.43. The van der Waals surface area contributed by atoms with Crippen LogP contribution >= 0.6 is 0 Å². The molecular formula is C21H20O10. The van der Waals surface area contributed by atoms with Gasteiger partial charge < -0.3 is 44.5 Å². The molecule has 5 atom stereocenters. The van der Waals surface area contributed by atoms with Crippen molar-refractivity contribution in [2.45, 2.75) is 37.6 Å². The Kier molecular flexibility index (Phi) is 5.23. The van der Waals surface area contributed by atoms with Crippen molar-refractivity contribution in [3.63, 3.8) is 0 Å². The average molecular weight is 432 g/mol. The zero-order chi connectivity index (χ0) is 22.4. The summed E-state index contributed by atoms with van der Waals surface area (Å²) < 4.78 is 16.7. The molecule has 31 heavy (non-hydrogen) atoms. The molecule has 0 bridgehead atoms. The molecule has 1 fully saturated rings. The van der Waals surface area contributed by atoms with E-state index in [1.807, 2.05) is 0 Å². The molecule has 10 nitrogen and oxygen atoms in total. The second-order valence-corrected chi connectivity index (χ2v) is 7.30. The van der Waals surface area contributed by atoms with Crippen LogP contribution in [0.3, 0.4) is 0 Å². The first-order valence-electron chi connectivity index (χ1n) is 9.35. The number of fused-ring (bicyclic) bond motifs is 1. The first-order valence-corrected chi connectivity index (χ1v) is 9.35. The number of benzene rings is 2. The molecule has 4 rings (SSSR count). The van der Waals surface area contributed by atoms with Gasteiger partial charge in [-0.1, -0.05) is 0 Å². The third kappa shape index (κ3) is 3.77.